The molecule has 0 atom stereocenters. The second kappa shape index (κ2) is 3.40. The minimum atomic E-state index is -0.328. The number of nitrogens with zero attached hydrogens (tertiary/aromatic N) is 1. The van der Waals surface area contributed by atoms with E-state index in [1.807, 2.05) is 0 Å². The van der Waals surface area contributed by atoms with Gasteiger partial charge < -0.3 is 4.98 Å². The van der Waals surface area contributed by atoms with Gasteiger partial charge in [-0.3, -0.25) is 0 Å². The highest BCUT2D eigenvalue weighted by Gasteiger charge is 2.05. The van der Waals surface area contributed by atoms with E-state index in [-0.39, 0.29) is 5.82 Å². The van der Waals surface area contributed by atoms with Crippen LogP contribution in [-0.2, 0) is 0 Å². The Balaban J connectivity index is 3.02. The molecule has 72 valence electrons. The van der Waals surface area contributed by atoms with Gasteiger partial charge in [0.15, 0.2) is 0 Å². The summed E-state index contributed by atoms with van der Waals surface area (Å²) in [5.74, 6) is 0.287. The topological polar surface area (TPSA) is 28.7 Å². The molecule has 1 N–H and O–H groups in total. The van der Waals surface area contributed by atoms with Crippen molar-refractivity contribution < 1.29 is 4.39 Å². The molecule has 0 aliphatic rings. The monoisotopic (exact) mass is 272 g/mol. The third-order valence-electron chi connectivity index (χ3n) is 1.86. The van der Waals surface area contributed by atoms with Crippen LogP contribution < -0.4 is 0 Å². The average Bonchev–Trinajstić information content (AvgIpc) is 2.07. The van der Waals surface area contributed by atoms with Crippen LogP contribution in [0.25, 0.3) is 10.9 Å². The number of fused-ring (bicyclic) bond motifs is 1. The summed E-state index contributed by atoms with van der Waals surface area (Å²) in [6.45, 7) is 1.75. The Morgan fingerprint density at radius 2 is 2.21 bits per heavy atom. The summed E-state index contributed by atoms with van der Waals surface area (Å²) < 4.78 is 14.5. The van der Waals surface area contributed by atoms with E-state index in [2.05, 4.69) is 25.9 Å². The fraction of sp³-hybridized carbons (Fsp3) is 0.111. The van der Waals surface area contributed by atoms with Gasteiger partial charge in [0.2, 0.25) is 0 Å². The summed E-state index contributed by atoms with van der Waals surface area (Å²) in [5, 5.41) is 0.623. The maximum atomic E-state index is 13.5. The fourth-order valence-corrected chi connectivity index (χ4v) is 2.02. The SMILES string of the molecule is Cc1nc(=S)c2cc(Br)cc(F)c2[nH]1. The van der Waals surface area contributed by atoms with E-state index in [4.69, 9.17) is 12.2 Å². The van der Waals surface area contributed by atoms with Gasteiger partial charge in [-0.25, -0.2) is 9.37 Å². The molecule has 0 spiro atoms. The number of benzene rings is 1. The van der Waals surface area contributed by atoms with Gasteiger partial charge in [0.1, 0.15) is 16.3 Å². The largest absolute Gasteiger partial charge is 0.341 e. The molecule has 2 aromatic rings. The maximum Gasteiger partial charge on any atom is 0.148 e. The van der Waals surface area contributed by atoms with Crippen molar-refractivity contribution in [1.82, 2.24) is 9.97 Å². The number of nitrogens with one attached hydrogen (secondary N) is 1. The second-order valence-electron chi connectivity index (χ2n) is 2.94. The predicted octanol–water partition coefficient (Wildman–Crippen LogP) is 3.50. The molecule has 0 saturated heterocycles. The molecule has 0 saturated carbocycles. The first-order valence-electron chi connectivity index (χ1n) is 3.93. The van der Waals surface area contributed by atoms with Crippen LogP contribution in [0.1, 0.15) is 5.82 Å². The molecule has 5 heteroatoms. The molecular weight excluding hydrogens is 267 g/mol. The Kier molecular flexibility index (Phi) is 2.36. The highest BCUT2D eigenvalue weighted by molar-refractivity contribution is 9.10. The lowest BCUT2D eigenvalue weighted by Gasteiger charge is -2.02. The molecule has 14 heavy (non-hydrogen) atoms. The lowest BCUT2D eigenvalue weighted by molar-refractivity contribution is 0.635. The first-order valence-corrected chi connectivity index (χ1v) is 5.14. The lowest BCUT2D eigenvalue weighted by atomic mass is 10.2. The third kappa shape index (κ3) is 1.57. The number of H-pyrrole nitrogens is 1. The van der Waals surface area contributed by atoms with E-state index in [0.717, 1.165) is 0 Å². The first-order chi connectivity index (χ1) is 6.58. The first kappa shape index (κ1) is 9.73. The van der Waals surface area contributed by atoms with Crippen molar-refractivity contribution in [3.63, 3.8) is 0 Å². The van der Waals surface area contributed by atoms with E-state index < -0.39 is 0 Å². The molecule has 2 nitrogen and oxygen atoms in total. The smallest absolute Gasteiger partial charge is 0.148 e. The van der Waals surface area contributed by atoms with Gasteiger partial charge in [-0.2, -0.15) is 0 Å². The molecule has 1 heterocycles. The van der Waals surface area contributed by atoms with Crippen LogP contribution in [0.15, 0.2) is 16.6 Å². The van der Waals surface area contributed by atoms with Crippen molar-refractivity contribution in [2.75, 3.05) is 0 Å². The molecule has 0 bridgehead atoms. The number of aromatic nitrogens is 2. The van der Waals surface area contributed by atoms with Crippen LogP contribution in [0.3, 0.4) is 0 Å². The summed E-state index contributed by atoms with van der Waals surface area (Å²) in [5.41, 5.74) is 0.408. The minimum absolute atomic E-state index is 0.328. The van der Waals surface area contributed by atoms with Crippen molar-refractivity contribution >= 4 is 39.1 Å². The molecule has 1 aromatic heterocycles. The third-order valence-corrected chi connectivity index (χ3v) is 2.63. The normalized spacial score (nSPS) is 10.8. The van der Waals surface area contributed by atoms with Crippen LogP contribution >= 0.6 is 28.1 Å². The van der Waals surface area contributed by atoms with Crippen molar-refractivity contribution in [3.05, 3.63) is 32.9 Å². The molecule has 2 rings (SSSR count). The van der Waals surface area contributed by atoms with Crippen molar-refractivity contribution in [1.29, 1.82) is 0 Å². The van der Waals surface area contributed by atoms with Gasteiger partial charge in [0.25, 0.3) is 0 Å². The second-order valence-corrected chi connectivity index (χ2v) is 4.24. The van der Waals surface area contributed by atoms with E-state index in [0.29, 0.717) is 25.8 Å². The van der Waals surface area contributed by atoms with Crippen LogP contribution in [0.5, 0.6) is 0 Å². The van der Waals surface area contributed by atoms with E-state index >= 15 is 0 Å². The zero-order valence-corrected chi connectivity index (χ0v) is 9.67. The van der Waals surface area contributed by atoms with Crippen molar-refractivity contribution in [2.45, 2.75) is 6.92 Å². The molecule has 1 aromatic carbocycles. The van der Waals surface area contributed by atoms with Crippen molar-refractivity contribution in [2.24, 2.45) is 0 Å². The Morgan fingerprint density at radius 3 is 2.93 bits per heavy atom. The van der Waals surface area contributed by atoms with E-state index in [1.165, 1.54) is 6.07 Å². The van der Waals surface area contributed by atoms with Crippen LogP contribution in [0, 0.1) is 17.4 Å². The molecule has 0 unspecified atom stereocenters. The van der Waals surface area contributed by atoms with Gasteiger partial charge in [-0.1, -0.05) is 28.1 Å². The van der Waals surface area contributed by atoms with Gasteiger partial charge in [0.05, 0.1) is 5.52 Å². The Hall–Kier alpha value is -0.810. The summed E-state index contributed by atoms with van der Waals surface area (Å²) in [7, 11) is 0. The number of aryl methyl sites for hydroxylation is 1. The number of rotatable bonds is 0. The van der Waals surface area contributed by atoms with Gasteiger partial charge in [-0.05, 0) is 19.1 Å². The Bertz CT molecular complexity index is 564. The molecule has 0 fully saturated rings. The van der Waals surface area contributed by atoms with Gasteiger partial charge in [-0.15, -0.1) is 0 Å². The number of aromatic amines is 1. The van der Waals surface area contributed by atoms with Gasteiger partial charge >= 0.3 is 0 Å². The summed E-state index contributed by atoms with van der Waals surface area (Å²) in [6, 6.07) is 3.15. The lowest BCUT2D eigenvalue weighted by Crippen LogP contribution is -1.92. The van der Waals surface area contributed by atoms with Crippen molar-refractivity contribution in [3.8, 4) is 0 Å². The Labute approximate surface area is 93.3 Å². The average molecular weight is 273 g/mol. The standard InChI is InChI=1S/C9H6BrFN2S/c1-4-12-8-6(9(14)13-4)2-5(10)3-7(8)11/h2-3H,1H3,(H,12,13,14). The van der Waals surface area contributed by atoms with Gasteiger partial charge in [0, 0.05) is 9.86 Å². The highest BCUT2D eigenvalue weighted by atomic mass is 79.9. The fourth-order valence-electron chi connectivity index (χ4n) is 1.29. The maximum absolute atomic E-state index is 13.5. The molecule has 0 amide bonds. The summed E-state index contributed by atoms with van der Waals surface area (Å²) >= 11 is 8.25. The zero-order valence-electron chi connectivity index (χ0n) is 7.27. The highest BCUT2D eigenvalue weighted by Crippen LogP contribution is 2.22. The number of hydrogen-bond donors (Lipinski definition) is 1. The number of halogens is 2. The Morgan fingerprint density at radius 1 is 1.50 bits per heavy atom. The zero-order chi connectivity index (χ0) is 10.3. The quantitative estimate of drug-likeness (QED) is 0.744. The molecule has 0 aliphatic carbocycles. The summed E-state index contributed by atoms with van der Waals surface area (Å²) in [4.78, 5) is 6.91. The van der Waals surface area contributed by atoms with Crippen LogP contribution in [-0.4, -0.2) is 9.97 Å². The predicted molar refractivity (Wildman–Crippen MR) is 59.3 cm³/mol. The molecule has 0 radical (unpaired) electrons. The van der Waals surface area contributed by atoms with Crippen LogP contribution in [0.4, 0.5) is 4.39 Å². The minimum Gasteiger partial charge on any atom is -0.341 e. The number of hydrogen-bond acceptors (Lipinski definition) is 2. The van der Waals surface area contributed by atoms with E-state index in [1.54, 1.807) is 13.0 Å². The molecular formula is C9H6BrFN2S. The van der Waals surface area contributed by atoms with Crippen LogP contribution in [0.2, 0.25) is 0 Å². The molecule has 0 aliphatic heterocycles. The summed E-state index contributed by atoms with van der Waals surface area (Å²) in [6.07, 6.45) is 0. The van der Waals surface area contributed by atoms with E-state index in [9.17, 15) is 4.39 Å².